The topological polar surface area (TPSA) is 71.0 Å². The van der Waals surface area contributed by atoms with E-state index in [4.69, 9.17) is 9.47 Å². The lowest BCUT2D eigenvalue weighted by atomic mass is 10.0. The lowest BCUT2D eigenvalue weighted by molar-refractivity contribution is -0.0583. The van der Waals surface area contributed by atoms with E-state index in [1.165, 1.54) is 4.90 Å². The van der Waals surface area contributed by atoms with Gasteiger partial charge >= 0.3 is 6.09 Å². The molecule has 2 fully saturated rings. The zero-order valence-electron chi connectivity index (χ0n) is 15.1. The van der Waals surface area contributed by atoms with Crippen molar-refractivity contribution in [2.75, 3.05) is 23.4 Å². The van der Waals surface area contributed by atoms with Crippen LogP contribution in [0.2, 0.25) is 0 Å². The van der Waals surface area contributed by atoms with Crippen molar-refractivity contribution < 1.29 is 19.4 Å². The van der Waals surface area contributed by atoms with Crippen LogP contribution < -0.4 is 10.2 Å². The van der Waals surface area contributed by atoms with Crippen LogP contribution in [0, 0.1) is 0 Å². The van der Waals surface area contributed by atoms with Crippen molar-refractivity contribution >= 4 is 28.2 Å². The number of hydrogen-bond donors (Lipinski definition) is 2. The maximum Gasteiger partial charge on any atom is 0.417 e. The van der Waals surface area contributed by atoms with Gasteiger partial charge in [-0.05, 0) is 35.0 Å². The van der Waals surface area contributed by atoms with Crippen LogP contribution in [0.1, 0.15) is 0 Å². The molecule has 142 valence electrons. The first kappa shape index (κ1) is 17.0. The summed E-state index contributed by atoms with van der Waals surface area (Å²) in [7, 11) is 0. The van der Waals surface area contributed by atoms with Crippen molar-refractivity contribution in [3.05, 3.63) is 72.8 Å². The highest BCUT2D eigenvalue weighted by Crippen LogP contribution is 2.40. The van der Waals surface area contributed by atoms with Gasteiger partial charge in [0.2, 0.25) is 5.72 Å². The summed E-state index contributed by atoms with van der Waals surface area (Å²) in [6.07, 6.45) is -1.47. The van der Waals surface area contributed by atoms with Crippen molar-refractivity contribution in [1.29, 1.82) is 0 Å². The number of benzene rings is 3. The second-order valence-electron chi connectivity index (χ2n) is 7.14. The molecule has 0 aliphatic carbocycles. The highest BCUT2D eigenvalue weighted by molar-refractivity contribution is 5.95. The highest BCUT2D eigenvalue weighted by Gasteiger charge is 2.60. The van der Waals surface area contributed by atoms with Gasteiger partial charge < -0.3 is 19.9 Å². The Balaban J connectivity index is 1.48. The Morgan fingerprint density at radius 3 is 2.57 bits per heavy atom. The van der Waals surface area contributed by atoms with Crippen molar-refractivity contribution in [1.82, 2.24) is 0 Å². The van der Waals surface area contributed by atoms with Crippen molar-refractivity contribution in [3.63, 3.8) is 0 Å². The molecule has 2 aliphatic rings. The van der Waals surface area contributed by atoms with Gasteiger partial charge in [0, 0.05) is 5.69 Å². The Morgan fingerprint density at radius 2 is 1.75 bits per heavy atom. The predicted octanol–water partition coefficient (Wildman–Crippen LogP) is 3.36. The molecule has 3 aromatic carbocycles. The number of carbonyl (C=O) groups excluding carboxylic acids is 1. The summed E-state index contributed by atoms with van der Waals surface area (Å²) in [6, 6.07) is 22.9. The lowest BCUT2D eigenvalue weighted by Crippen LogP contribution is -2.57. The van der Waals surface area contributed by atoms with Gasteiger partial charge in [-0.2, -0.15) is 0 Å². The molecule has 2 heterocycles. The van der Waals surface area contributed by atoms with Crippen LogP contribution >= 0.6 is 0 Å². The molecule has 6 heteroatoms. The number of ether oxygens (including phenoxy) is 2. The number of anilines is 2. The molecule has 1 amide bonds. The first-order valence-corrected chi connectivity index (χ1v) is 9.27. The number of carbonyl (C=O) groups is 1. The quantitative estimate of drug-likeness (QED) is 0.733. The van der Waals surface area contributed by atoms with Gasteiger partial charge in [-0.15, -0.1) is 0 Å². The summed E-state index contributed by atoms with van der Waals surface area (Å²) >= 11 is 0. The third-order valence-corrected chi connectivity index (χ3v) is 5.44. The molecule has 0 unspecified atom stereocenters. The summed E-state index contributed by atoms with van der Waals surface area (Å²) in [5.41, 5.74) is 0.279. The average Bonchev–Trinajstić information content (AvgIpc) is 3.23. The molecule has 28 heavy (non-hydrogen) atoms. The third-order valence-electron chi connectivity index (χ3n) is 5.44. The zero-order chi connectivity index (χ0) is 19.1. The Hall–Kier alpha value is -3.09. The average molecular weight is 376 g/mol. The summed E-state index contributed by atoms with van der Waals surface area (Å²) in [6.45, 7) is 0.240. The molecule has 0 bridgehead atoms. The van der Waals surface area contributed by atoms with Crippen LogP contribution in [0.25, 0.3) is 10.8 Å². The molecule has 0 aromatic heterocycles. The predicted molar refractivity (Wildman–Crippen MR) is 106 cm³/mol. The molecule has 5 rings (SSSR count). The number of fused-ring (bicyclic) bond motifs is 1. The normalized spacial score (nSPS) is 26.8. The molecule has 6 nitrogen and oxygen atoms in total. The van der Waals surface area contributed by atoms with Crippen LogP contribution in [0.15, 0.2) is 72.8 Å². The highest BCUT2D eigenvalue weighted by atomic mass is 16.6. The van der Waals surface area contributed by atoms with Gasteiger partial charge in [0.1, 0.15) is 12.7 Å². The number of rotatable bonds is 3. The smallest absolute Gasteiger partial charge is 0.417 e. The van der Waals surface area contributed by atoms with Crippen molar-refractivity contribution in [2.24, 2.45) is 0 Å². The maximum atomic E-state index is 12.6. The van der Waals surface area contributed by atoms with Gasteiger partial charge in [0.05, 0.1) is 18.3 Å². The van der Waals surface area contributed by atoms with Gasteiger partial charge in [-0.25, -0.2) is 9.69 Å². The standard InChI is InChI=1S/C22H20N2O4/c25-20-19(23-17-8-2-1-3-9-17)13-28-22(20)14-27-21(26)24(22)18-11-10-15-6-4-5-7-16(15)12-18/h1-12,19-20,23,25H,13-14H2/t19-,20+,22-/m0/s1. The summed E-state index contributed by atoms with van der Waals surface area (Å²) in [5.74, 6) is 0. The van der Waals surface area contributed by atoms with E-state index in [0.29, 0.717) is 5.69 Å². The Labute approximate surface area is 162 Å². The van der Waals surface area contributed by atoms with E-state index in [2.05, 4.69) is 5.32 Å². The van der Waals surface area contributed by atoms with Crippen LogP contribution in [0.5, 0.6) is 0 Å². The molecule has 1 spiro atoms. The minimum Gasteiger partial charge on any atom is -0.444 e. The fourth-order valence-corrected chi connectivity index (χ4v) is 4.01. The Morgan fingerprint density at radius 1 is 1.00 bits per heavy atom. The molecule has 3 atom stereocenters. The third kappa shape index (κ3) is 2.61. The van der Waals surface area contributed by atoms with Crippen molar-refractivity contribution in [3.8, 4) is 0 Å². The van der Waals surface area contributed by atoms with E-state index in [0.717, 1.165) is 16.5 Å². The second-order valence-corrected chi connectivity index (χ2v) is 7.14. The molecule has 0 radical (unpaired) electrons. The van der Waals surface area contributed by atoms with Gasteiger partial charge in [-0.1, -0.05) is 48.5 Å². The van der Waals surface area contributed by atoms with E-state index < -0.39 is 17.9 Å². The van der Waals surface area contributed by atoms with E-state index in [1.54, 1.807) is 0 Å². The lowest BCUT2D eigenvalue weighted by Gasteiger charge is -2.34. The number of aliphatic hydroxyl groups excluding tert-OH is 1. The van der Waals surface area contributed by atoms with Crippen LogP contribution in [-0.4, -0.2) is 42.3 Å². The maximum absolute atomic E-state index is 12.6. The summed E-state index contributed by atoms with van der Waals surface area (Å²) in [4.78, 5) is 14.0. The van der Waals surface area contributed by atoms with Crippen molar-refractivity contribution in [2.45, 2.75) is 17.9 Å². The molecular formula is C22H20N2O4. The molecule has 0 saturated carbocycles. The van der Waals surface area contributed by atoms with Crippen LogP contribution in [-0.2, 0) is 9.47 Å². The first-order valence-electron chi connectivity index (χ1n) is 9.27. The number of amides is 1. The number of aliphatic hydroxyl groups is 1. The second kappa shape index (κ2) is 6.51. The summed E-state index contributed by atoms with van der Waals surface area (Å²) < 4.78 is 11.3. The van der Waals surface area contributed by atoms with E-state index >= 15 is 0 Å². The summed E-state index contributed by atoms with van der Waals surface area (Å²) in [5, 5.41) is 16.5. The van der Waals surface area contributed by atoms with E-state index in [1.807, 2.05) is 72.8 Å². The van der Waals surface area contributed by atoms with Gasteiger partial charge in [-0.3, -0.25) is 0 Å². The SMILES string of the molecule is O=C1OC[C@@]2(OC[C@H](Nc3ccccc3)[C@H]2O)N1c1ccc2ccccc2c1. The first-order chi connectivity index (χ1) is 13.7. The number of hydrogen-bond acceptors (Lipinski definition) is 5. The zero-order valence-corrected chi connectivity index (χ0v) is 15.1. The van der Waals surface area contributed by atoms with Gasteiger partial charge in [0.25, 0.3) is 0 Å². The fraction of sp³-hybridized carbons (Fsp3) is 0.227. The number of nitrogens with one attached hydrogen (secondary N) is 1. The van der Waals surface area contributed by atoms with Crippen LogP contribution in [0.3, 0.4) is 0 Å². The molecule has 2 N–H and O–H groups in total. The monoisotopic (exact) mass is 376 g/mol. The number of cyclic esters (lactones) is 1. The fourth-order valence-electron chi connectivity index (χ4n) is 4.01. The largest absolute Gasteiger partial charge is 0.444 e. The number of nitrogens with zero attached hydrogens (tertiary/aromatic N) is 1. The minimum atomic E-state index is -1.24. The molecule has 3 aromatic rings. The Kier molecular flexibility index (Phi) is 3.96. The van der Waals surface area contributed by atoms with E-state index in [-0.39, 0.29) is 19.3 Å². The molecule has 2 aliphatic heterocycles. The van der Waals surface area contributed by atoms with E-state index in [9.17, 15) is 9.90 Å². The molecular weight excluding hydrogens is 356 g/mol. The molecule has 2 saturated heterocycles. The Bertz CT molecular complexity index is 1030. The van der Waals surface area contributed by atoms with Gasteiger partial charge in [0.15, 0.2) is 0 Å². The van der Waals surface area contributed by atoms with Crippen LogP contribution in [0.4, 0.5) is 16.2 Å². The number of para-hydroxylation sites is 1. The minimum absolute atomic E-state index is 0.0210.